The van der Waals surface area contributed by atoms with E-state index in [1.807, 2.05) is 12.1 Å². The van der Waals surface area contributed by atoms with E-state index < -0.39 is 11.9 Å². The van der Waals surface area contributed by atoms with Crippen molar-refractivity contribution in [3.63, 3.8) is 0 Å². The summed E-state index contributed by atoms with van der Waals surface area (Å²) in [7, 11) is 1.43. The second-order valence-electron chi connectivity index (χ2n) is 4.01. The van der Waals surface area contributed by atoms with Crippen molar-refractivity contribution in [2.45, 2.75) is 6.04 Å². The molecule has 5 heteroatoms. The van der Waals surface area contributed by atoms with E-state index in [0.29, 0.717) is 10.6 Å². The molecule has 0 bridgehead atoms. The predicted octanol–water partition coefficient (Wildman–Crippen LogP) is 4.14. The summed E-state index contributed by atoms with van der Waals surface area (Å²) in [5.41, 5.74) is 7.25. The molecule has 0 aromatic heterocycles. The number of hydrogen-bond donors (Lipinski definition) is 1. The molecule has 2 rings (SSSR count). The molecule has 0 aliphatic carbocycles. The SMILES string of the molecule is COc1cccc(C(N)c2ccc(I)c(Cl)c2)c1F. The lowest BCUT2D eigenvalue weighted by atomic mass is 9.99. The fourth-order valence-electron chi connectivity index (χ4n) is 1.81. The monoisotopic (exact) mass is 391 g/mol. The zero-order chi connectivity index (χ0) is 14.0. The lowest BCUT2D eigenvalue weighted by molar-refractivity contribution is 0.383. The van der Waals surface area contributed by atoms with Gasteiger partial charge in [0.2, 0.25) is 0 Å². The number of halogens is 3. The Morgan fingerprint density at radius 3 is 2.68 bits per heavy atom. The van der Waals surface area contributed by atoms with Gasteiger partial charge in [-0.25, -0.2) is 4.39 Å². The first-order valence-electron chi connectivity index (χ1n) is 5.57. The summed E-state index contributed by atoms with van der Waals surface area (Å²) in [6, 6.07) is 9.80. The average Bonchev–Trinajstić information content (AvgIpc) is 2.41. The maximum atomic E-state index is 14.1. The minimum absolute atomic E-state index is 0.185. The van der Waals surface area contributed by atoms with Crippen LogP contribution in [0.3, 0.4) is 0 Å². The second-order valence-corrected chi connectivity index (χ2v) is 5.58. The van der Waals surface area contributed by atoms with Gasteiger partial charge in [0.05, 0.1) is 18.2 Å². The number of rotatable bonds is 3. The number of hydrogen-bond acceptors (Lipinski definition) is 2. The molecule has 0 aliphatic rings. The molecule has 2 aromatic carbocycles. The van der Waals surface area contributed by atoms with Gasteiger partial charge in [0, 0.05) is 9.13 Å². The van der Waals surface area contributed by atoms with Crippen LogP contribution >= 0.6 is 34.2 Å². The van der Waals surface area contributed by atoms with Crippen LogP contribution in [0.1, 0.15) is 17.2 Å². The van der Waals surface area contributed by atoms with Gasteiger partial charge in [-0.1, -0.05) is 29.8 Å². The summed E-state index contributed by atoms with van der Waals surface area (Å²) in [6.07, 6.45) is 0. The Bertz CT molecular complexity index is 606. The van der Waals surface area contributed by atoms with Crippen LogP contribution < -0.4 is 10.5 Å². The van der Waals surface area contributed by atoms with Crippen LogP contribution in [0.25, 0.3) is 0 Å². The molecule has 0 saturated heterocycles. The summed E-state index contributed by atoms with van der Waals surface area (Å²) >= 11 is 8.19. The Kier molecular flexibility index (Phi) is 4.65. The van der Waals surface area contributed by atoms with Crippen molar-refractivity contribution in [2.24, 2.45) is 5.73 Å². The molecule has 1 unspecified atom stereocenters. The molecule has 2 N–H and O–H groups in total. The summed E-state index contributed by atoms with van der Waals surface area (Å²) in [5, 5.41) is 0.608. The van der Waals surface area contributed by atoms with Crippen molar-refractivity contribution < 1.29 is 9.13 Å². The zero-order valence-corrected chi connectivity index (χ0v) is 13.1. The van der Waals surface area contributed by atoms with Gasteiger partial charge in [0.1, 0.15) is 0 Å². The minimum atomic E-state index is -0.579. The lowest BCUT2D eigenvalue weighted by Crippen LogP contribution is -2.14. The highest BCUT2D eigenvalue weighted by Gasteiger charge is 2.17. The van der Waals surface area contributed by atoms with Crippen molar-refractivity contribution in [2.75, 3.05) is 7.11 Å². The minimum Gasteiger partial charge on any atom is -0.494 e. The van der Waals surface area contributed by atoms with Crippen LogP contribution in [0.4, 0.5) is 4.39 Å². The van der Waals surface area contributed by atoms with E-state index in [9.17, 15) is 4.39 Å². The Morgan fingerprint density at radius 1 is 1.32 bits per heavy atom. The number of ether oxygens (including phenoxy) is 1. The molecular weight excluding hydrogens is 380 g/mol. The topological polar surface area (TPSA) is 35.2 Å². The van der Waals surface area contributed by atoms with Crippen LogP contribution in [0.2, 0.25) is 5.02 Å². The Morgan fingerprint density at radius 2 is 2.05 bits per heavy atom. The molecule has 2 nitrogen and oxygen atoms in total. The highest BCUT2D eigenvalue weighted by Crippen LogP contribution is 2.30. The first kappa shape index (κ1) is 14.6. The van der Waals surface area contributed by atoms with E-state index in [0.717, 1.165) is 9.13 Å². The standard InChI is InChI=1S/C14H12ClFINO/c1-19-12-4-2-3-9(13(12)16)14(18)8-5-6-11(17)10(15)7-8/h2-7,14H,18H2,1H3. The third-order valence-electron chi connectivity index (χ3n) is 2.85. The average molecular weight is 392 g/mol. The first-order valence-corrected chi connectivity index (χ1v) is 7.03. The maximum Gasteiger partial charge on any atom is 0.170 e. The van der Waals surface area contributed by atoms with E-state index in [1.165, 1.54) is 7.11 Å². The number of nitrogens with two attached hydrogens (primary N) is 1. The molecular formula is C14H12ClFINO. The first-order chi connectivity index (χ1) is 9.04. The summed E-state index contributed by atoms with van der Waals surface area (Å²) in [6.45, 7) is 0. The second kappa shape index (κ2) is 6.07. The normalized spacial score (nSPS) is 12.3. The van der Waals surface area contributed by atoms with Crippen LogP contribution in [-0.2, 0) is 0 Å². The van der Waals surface area contributed by atoms with Gasteiger partial charge in [0.25, 0.3) is 0 Å². The van der Waals surface area contributed by atoms with Gasteiger partial charge < -0.3 is 10.5 Å². The van der Waals surface area contributed by atoms with Crippen molar-refractivity contribution in [3.8, 4) is 5.75 Å². The quantitative estimate of drug-likeness (QED) is 0.798. The van der Waals surface area contributed by atoms with Crippen molar-refractivity contribution in [3.05, 3.63) is 61.9 Å². The van der Waals surface area contributed by atoms with Crippen molar-refractivity contribution in [1.82, 2.24) is 0 Å². The summed E-state index contributed by atoms with van der Waals surface area (Å²) < 4.78 is 20.0. The fourth-order valence-corrected chi connectivity index (χ4v) is 2.34. The molecule has 0 heterocycles. The molecule has 0 fully saturated rings. The Balaban J connectivity index is 2.43. The van der Waals surface area contributed by atoms with Gasteiger partial charge >= 0.3 is 0 Å². The van der Waals surface area contributed by atoms with Crippen LogP contribution in [0.15, 0.2) is 36.4 Å². The Hall–Kier alpha value is -0.850. The molecule has 100 valence electrons. The number of benzene rings is 2. The molecule has 1 atom stereocenters. The summed E-state index contributed by atoms with van der Waals surface area (Å²) in [5.74, 6) is -0.253. The van der Waals surface area contributed by atoms with E-state index in [2.05, 4.69) is 22.6 Å². The molecule has 0 aliphatic heterocycles. The predicted molar refractivity (Wildman–Crippen MR) is 83.2 cm³/mol. The van der Waals surface area contributed by atoms with Crippen LogP contribution in [0, 0.1) is 9.39 Å². The van der Waals surface area contributed by atoms with E-state index in [4.69, 9.17) is 22.1 Å². The van der Waals surface area contributed by atoms with E-state index in [-0.39, 0.29) is 5.75 Å². The zero-order valence-electron chi connectivity index (χ0n) is 10.2. The third kappa shape index (κ3) is 3.01. The fraction of sp³-hybridized carbons (Fsp3) is 0.143. The van der Waals surface area contributed by atoms with Crippen molar-refractivity contribution >= 4 is 34.2 Å². The molecule has 2 aromatic rings. The largest absolute Gasteiger partial charge is 0.494 e. The van der Waals surface area contributed by atoms with Gasteiger partial charge in [-0.05, 0) is 46.4 Å². The molecule has 0 amide bonds. The van der Waals surface area contributed by atoms with E-state index in [1.54, 1.807) is 24.3 Å². The molecule has 19 heavy (non-hydrogen) atoms. The van der Waals surface area contributed by atoms with Crippen LogP contribution in [-0.4, -0.2) is 7.11 Å². The van der Waals surface area contributed by atoms with Crippen LogP contribution in [0.5, 0.6) is 5.75 Å². The molecule has 0 radical (unpaired) electrons. The highest BCUT2D eigenvalue weighted by molar-refractivity contribution is 14.1. The highest BCUT2D eigenvalue weighted by atomic mass is 127. The van der Waals surface area contributed by atoms with Gasteiger partial charge in [0.15, 0.2) is 11.6 Å². The van der Waals surface area contributed by atoms with Crippen molar-refractivity contribution in [1.29, 1.82) is 0 Å². The van der Waals surface area contributed by atoms with Gasteiger partial charge in [-0.15, -0.1) is 0 Å². The van der Waals surface area contributed by atoms with Gasteiger partial charge in [-0.3, -0.25) is 0 Å². The summed E-state index contributed by atoms with van der Waals surface area (Å²) in [4.78, 5) is 0. The Labute approximate surface area is 129 Å². The molecule has 0 saturated carbocycles. The third-order valence-corrected chi connectivity index (χ3v) is 4.42. The lowest BCUT2D eigenvalue weighted by Gasteiger charge is -2.15. The van der Waals surface area contributed by atoms with Gasteiger partial charge in [-0.2, -0.15) is 0 Å². The number of methoxy groups -OCH3 is 1. The molecule has 0 spiro atoms. The maximum absolute atomic E-state index is 14.1. The van der Waals surface area contributed by atoms with E-state index >= 15 is 0 Å². The smallest absolute Gasteiger partial charge is 0.170 e.